The van der Waals surface area contributed by atoms with Crippen molar-refractivity contribution in [1.29, 1.82) is 0 Å². The number of carbonyl (C=O) groups excluding carboxylic acids is 1. The molecule has 6 nitrogen and oxygen atoms in total. The van der Waals surface area contributed by atoms with Crippen LogP contribution in [0.5, 0.6) is 0 Å². The minimum Gasteiger partial charge on any atom is -0.375 e. The first-order chi connectivity index (χ1) is 13.0. The van der Waals surface area contributed by atoms with E-state index in [1.165, 1.54) is 0 Å². The molecule has 2 aromatic heterocycles. The Morgan fingerprint density at radius 2 is 2.04 bits per heavy atom. The number of fused-ring (bicyclic) bond motifs is 1. The Bertz CT molecular complexity index is 965. The summed E-state index contributed by atoms with van der Waals surface area (Å²) in [6, 6.07) is 12.0. The number of ether oxygens (including phenoxy) is 1. The molecule has 3 aromatic rings. The van der Waals surface area contributed by atoms with Crippen molar-refractivity contribution < 1.29 is 9.53 Å². The summed E-state index contributed by atoms with van der Waals surface area (Å²) in [7, 11) is 0. The second-order valence-electron chi connectivity index (χ2n) is 7.27. The average molecular weight is 364 g/mol. The third-order valence-corrected chi connectivity index (χ3v) is 4.88. The Kier molecular flexibility index (Phi) is 4.66. The first-order valence-corrected chi connectivity index (χ1v) is 9.39. The summed E-state index contributed by atoms with van der Waals surface area (Å²) in [5, 5.41) is 5.29. The van der Waals surface area contributed by atoms with E-state index in [0.29, 0.717) is 25.3 Å². The summed E-state index contributed by atoms with van der Waals surface area (Å²) in [5.74, 6) is 0.0121. The zero-order chi connectivity index (χ0) is 19.0. The van der Waals surface area contributed by atoms with Gasteiger partial charge in [-0.1, -0.05) is 30.3 Å². The molecule has 0 saturated carbocycles. The number of benzene rings is 1. The van der Waals surface area contributed by atoms with Gasteiger partial charge < -0.3 is 9.64 Å². The van der Waals surface area contributed by atoms with Gasteiger partial charge in [0.15, 0.2) is 5.65 Å². The molecule has 1 saturated heterocycles. The van der Waals surface area contributed by atoms with Gasteiger partial charge in [0, 0.05) is 24.7 Å². The topological polar surface area (TPSA) is 60.2 Å². The van der Waals surface area contributed by atoms with Crippen molar-refractivity contribution >= 4 is 16.9 Å². The Morgan fingerprint density at radius 1 is 1.26 bits per heavy atom. The summed E-state index contributed by atoms with van der Waals surface area (Å²) in [6.07, 6.45) is 1.81. The van der Waals surface area contributed by atoms with Crippen LogP contribution < -0.4 is 0 Å². The van der Waals surface area contributed by atoms with Gasteiger partial charge >= 0.3 is 0 Å². The average Bonchev–Trinajstić information content (AvgIpc) is 3.11. The SMILES string of the molecule is CC1CN(C(=O)c2cc(-c3ccccc3)nc3c2cnn3C(C)C)CCO1. The van der Waals surface area contributed by atoms with Gasteiger partial charge in [0.2, 0.25) is 0 Å². The highest BCUT2D eigenvalue weighted by Gasteiger charge is 2.26. The molecule has 1 fully saturated rings. The van der Waals surface area contributed by atoms with Gasteiger partial charge in [0.1, 0.15) is 0 Å². The summed E-state index contributed by atoms with van der Waals surface area (Å²) in [4.78, 5) is 20.0. The largest absolute Gasteiger partial charge is 0.375 e. The van der Waals surface area contributed by atoms with Gasteiger partial charge in [0.25, 0.3) is 5.91 Å². The Hall–Kier alpha value is -2.73. The molecule has 1 aliphatic heterocycles. The third kappa shape index (κ3) is 3.32. The molecule has 1 aromatic carbocycles. The molecule has 0 bridgehead atoms. The minimum absolute atomic E-state index is 0.0121. The highest BCUT2D eigenvalue weighted by Crippen LogP contribution is 2.27. The van der Waals surface area contributed by atoms with Crippen LogP contribution in [0.4, 0.5) is 0 Å². The molecule has 0 radical (unpaired) electrons. The molecule has 0 aliphatic carbocycles. The fourth-order valence-electron chi connectivity index (χ4n) is 3.50. The van der Waals surface area contributed by atoms with Crippen LogP contribution in [-0.2, 0) is 4.74 Å². The molecule has 0 spiro atoms. The Balaban J connectivity index is 1.86. The molecule has 1 aliphatic rings. The standard InChI is InChI=1S/C21H24N4O2/c1-14(2)25-20-18(12-22-25)17(21(26)24-9-10-27-15(3)13-24)11-19(23-20)16-7-5-4-6-8-16/h4-8,11-12,14-15H,9-10,13H2,1-3H3. The van der Waals surface area contributed by atoms with Crippen molar-refractivity contribution in [1.82, 2.24) is 19.7 Å². The molecular formula is C21H24N4O2. The lowest BCUT2D eigenvalue weighted by molar-refractivity contribution is -0.0123. The van der Waals surface area contributed by atoms with E-state index < -0.39 is 0 Å². The molecule has 1 amide bonds. The molecule has 6 heteroatoms. The second-order valence-corrected chi connectivity index (χ2v) is 7.27. The lowest BCUT2D eigenvalue weighted by Crippen LogP contribution is -2.44. The summed E-state index contributed by atoms with van der Waals surface area (Å²) < 4.78 is 7.46. The van der Waals surface area contributed by atoms with Crippen molar-refractivity contribution in [2.24, 2.45) is 0 Å². The third-order valence-electron chi connectivity index (χ3n) is 4.88. The van der Waals surface area contributed by atoms with Gasteiger partial charge in [-0.15, -0.1) is 0 Å². The fourth-order valence-corrected chi connectivity index (χ4v) is 3.50. The van der Waals surface area contributed by atoms with E-state index in [-0.39, 0.29) is 18.1 Å². The zero-order valence-corrected chi connectivity index (χ0v) is 15.9. The molecule has 3 heterocycles. The van der Waals surface area contributed by atoms with E-state index in [2.05, 4.69) is 18.9 Å². The summed E-state index contributed by atoms with van der Waals surface area (Å²) in [5.41, 5.74) is 3.17. The monoisotopic (exact) mass is 364 g/mol. The molecule has 27 heavy (non-hydrogen) atoms. The van der Waals surface area contributed by atoms with Gasteiger partial charge in [-0.25, -0.2) is 9.67 Å². The van der Waals surface area contributed by atoms with Crippen LogP contribution in [0.25, 0.3) is 22.3 Å². The van der Waals surface area contributed by atoms with Gasteiger partial charge in [-0.05, 0) is 26.8 Å². The summed E-state index contributed by atoms with van der Waals surface area (Å²) >= 11 is 0. The van der Waals surface area contributed by atoms with Crippen molar-refractivity contribution in [2.45, 2.75) is 32.9 Å². The van der Waals surface area contributed by atoms with Crippen LogP contribution in [0.3, 0.4) is 0 Å². The fraction of sp³-hybridized carbons (Fsp3) is 0.381. The smallest absolute Gasteiger partial charge is 0.254 e. The first-order valence-electron chi connectivity index (χ1n) is 9.39. The maximum Gasteiger partial charge on any atom is 0.254 e. The van der Waals surface area contributed by atoms with Crippen LogP contribution in [0.2, 0.25) is 0 Å². The van der Waals surface area contributed by atoms with Crippen molar-refractivity contribution in [3.8, 4) is 11.3 Å². The van der Waals surface area contributed by atoms with Crippen LogP contribution in [-0.4, -0.2) is 51.4 Å². The Morgan fingerprint density at radius 3 is 2.74 bits per heavy atom. The van der Waals surface area contributed by atoms with E-state index in [9.17, 15) is 4.79 Å². The molecule has 0 N–H and O–H groups in total. The minimum atomic E-state index is 0.0121. The molecule has 140 valence electrons. The predicted molar refractivity (Wildman–Crippen MR) is 105 cm³/mol. The van der Waals surface area contributed by atoms with Crippen LogP contribution >= 0.6 is 0 Å². The molecular weight excluding hydrogens is 340 g/mol. The van der Waals surface area contributed by atoms with Crippen LogP contribution in [0.1, 0.15) is 37.2 Å². The first kappa shape index (κ1) is 17.7. The number of hydrogen-bond acceptors (Lipinski definition) is 4. The molecule has 1 atom stereocenters. The second kappa shape index (κ2) is 7.12. The number of carbonyl (C=O) groups is 1. The van der Waals surface area contributed by atoms with Crippen molar-refractivity contribution in [2.75, 3.05) is 19.7 Å². The zero-order valence-electron chi connectivity index (χ0n) is 15.9. The van der Waals surface area contributed by atoms with Crippen molar-refractivity contribution in [3.05, 3.63) is 48.2 Å². The number of pyridine rings is 1. The number of nitrogens with zero attached hydrogens (tertiary/aromatic N) is 4. The van der Waals surface area contributed by atoms with Gasteiger partial charge in [-0.2, -0.15) is 5.10 Å². The van der Waals surface area contributed by atoms with Gasteiger partial charge in [-0.3, -0.25) is 4.79 Å². The van der Waals surface area contributed by atoms with E-state index >= 15 is 0 Å². The van der Waals surface area contributed by atoms with E-state index in [1.54, 1.807) is 6.20 Å². The summed E-state index contributed by atoms with van der Waals surface area (Å²) in [6.45, 7) is 7.89. The number of morpholine rings is 1. The highest BCUT2D eigenvalue weighted by atomic mass is 16.5. The van der Waals surface area contributed by atoms with E-state index in [4.69, 9.17) is 9.72 Å². The lowest BCUT2D eigenvalue weighted by atomic mass is 10.1. The quantitative estimate of drug-likeness (QED) is 0.713. The Labute approximate surface area is 158 Å². The lowest BCUT2D eigenvalue weighted by Gasteiger charge is -2.31. The molecule has 1 unspecified atom stereocenters. The molecule has 4 rings (SSSR count). The normalized spacial score (nSPS) is 17.6. The van der Waals surface area contributed by atoms with E-state index in [0.717, 1.165) is 22.3 Å². The van der Waals surface area contributed by atoms with Crippen molar-refractivity contribution in [3.63, 3.8) is 0 Å². The predicted octanol–water partition coefficient (Wildman–Crippen LogP) is 3.54. The van der Waals surface area contributed by atoms with E-state index in [1.807, 2.05) is 52.9 Å². The maximum absolute atomic E-state index is 13.3. The highest BCUT2D eigenvalue weighted by molar-refractivity contribution is 6.06. The maximum atomic E-state index is 13.3. The van der Waals surface area contributed by atoms with Crippen LogP contribution in [0.15, 0.2) is 42.6 Å². The van der Waals surface area contributed by atoms with Gasteiger partial charge in [0.05, 0.1) is 35.6 Å². The number of hydrogen-bond donors (Lipinski definition) is 0. The van der Waals surface area contributed by atoms with Crippen LogP contribution in [0, 0.1) is 0 Å². The number of aromatic nitrogens is 3. The number of amides is 1. The number of rotatable bonds is 3.